The third-order valence-electron chi connectivity index (χ3n) is 6.92. The number of hydrogen-bond donors (Lipinski definition) is 2. The summed E-state index contributed by atoms with van der Waals surface area (Å²) in [6.07, 6.45) is 6.02. The Balaban J connectivity index is 1.95. The number of esters is 1. The second-order valence-electron chi connectivity index (χ2n) is 8.92. The summed E-state index contributed by atoms with van der Waals surface area (Å²) in [5, 5.41) is 3.67. The van der Waals surface area contributed by atoms with E-state index in [0.29, 0.717) is 28.3 Å². The van der Waals surface area contributed by atoms with Gasteiger partial charge in [0, 0.05) is 37.0 Å². The number of nitrogens with one attached hydrogen (secondary N) is 1. The minimum Gasteiger partial charge on any atom is -0.462 e. The molecule has 2 fully saturated rings. The standard InChI is InChI=1S/C24H31ClN4O4/c1-4-24(9-6-10-28(24)13-27-14(3)30)19-18(26)11-16-21(20(19)25)29(15-7-8-15)12-17(22(16)31)23(32)33-5-2/h11-12,15H,4-10,13,26H2,1-3H3,(H,27,30). The van der Waals surface area contributed by atoms with Gasteiger partial charge in [-0.1, -0.05) is 18.5 Å². The van der Waals surface area contributed by atoms with Crippen molar-refractivity contribution in [2.24, 2.45) is 0 Å². The van der Waals surface area contributed by atoms with E-state index < -0.39 is 16.9 Å². The van der Waals surface area contributed by atoms with Crippen molar-refractivity contribution in [2.45, 2.75) is 64.5 Å². The van der Waals surface area contributed by atoms with Gasteiger partial charge in [0.05, 0.1) is 34.7 Å². The number of anilines is 1. The van der Waals surface area contributed by atoms with Crippen LogP contribution < -0.4 is 16.5 Å². The molecule has 2 heterocycles. The summed E-state index contributed by atoms with van der Waals surface area (Å²) in [4.78, 5) is 39.5. The van der Waals surface area contributed by atoms with Crippen molar-refractivity contribution in [3.05, 3.63) is 38.6 Å². The van der Waals surface area contributed by atoms with Gasteiger partial charge in [-0.25, -0.2) is 4.79 Å². The molecule has 0 radical (unpaired) electrons. The van der Waals surface area contributed by atoms with Crippen LogP contribution >= 0.6 is 11.6 Å². The van der Waals surface area contributed by atoms with Crippen LogP contribution in [0, 0.1) is 0 Å². The molecular formula is C24H31ClN4O4. The molecule has 33 heavy (non-hydrogen) atoms. The molecule has 1 atom stereocenters. The van der Waals surface area contributed by atoms with E-state index in [1.807, 2.05) is 4.57 Å². The third-order valence-corrected chi connectivity index (χ3v) is 7.28. The van der Waals surface area contributed by atoms with Crippen LogP contribution in [0.25, 0.3) is 10.9 Å². The first-order valence-corrected chi connectivity index (χ1v) is 12.0. The molecule has 0 bridgehead atoms. The summed E-state index contributed by atoms with van der Waals surface area (Å²) in [7, 11) is 0. The molecule has 1 unspecified atom stereocenters. The Bertz CT molecular complexity index is 1170. The fourth-order valence-corrected chi connectivity index (χ4v) is 5.68. The summed E-state index contributed by atoms with van der Waals surface area (Å²) in [6, 6.07) is 1.83. The zero-order valence-electron chi connectivity index (χ0n) is 19.4. The second-order valence-corrected chi connectivity index (χ2v) is 9.30. The number of benzene rings is 1. The summed E-state index contributed by atoms with van der Waals surface area (Å²) in [5.41, 5.74) is 7.52. The highest BCUT2D eigenvalue weighted by molar-refractivity contribution is 6.36. The average Bonchev–Trinajstić information content (AvgIpc) is 3.53. The van der Waals surface area contributed by atoms with Crippen molar-refractivity contribution < 1.29 is 14.3 Å². The quantitative estimate of drug-likeness (QED) is 0.469. The van der Waals surface area contributed by atoms with E-state index in [0.717, 1.165) is 44.2 Å². The highest BCUT2D eigenvalue weighted by Gasteiger charge is 2.44. The number of pyridine rings is 1. The van der Waals surface area contributed by atoms with Crippen LogP contribution in [-0.2, 0) is 15.1 Å². The molecule has 1 amide bonds. The number of carbonyl (C=O) groups is 2. The number of nitrogens with two attached hydrogens (primary N) is 1. The number of amides is 1. The molecule has 178 valence electrons. The van der Waals surface area contributed by atoms with Gasteiger partial charge in [0.25, 0.3) is 0 Å². The topological polar surface area (TPSA) is 107 Å². The highest BCUT2D eigenvalue weighted by Crippen LogP contribution is 2.49. The molecule has 8 nitrogen and oxygen atoms in total. The van der Waals surface area contributed by atoms with Crippen molar-refractivity contribution in [3.63, 3.8) is 0 Å². The van der Waals surface area contributed by atoms with Crippen molar-refractivity contribution in [2.75, 3.05) is 25.6 Å². The maximum Gasteiger partial charge on any atom is 0.343 e. The summed E-state index contributed by atoms with van der Waals surface area (Å²) in [5.74, 6) is -0.738. The number of ether oxygens (including phenoxy) is 1. The van der Waals surface area contributed by atoms with Gasteiger partial charge in [-0.05, 0) is 45.1 Å². The normalized spacial score (nSPS) is 20.8. The molecule has 1 saturated carbocycles. The molecule has 4 rings (SSSR count). The van der Waals surface area contributed by atoms with E-state index in [2.05, 4.69) is 17.1 Å². The van der Waals surface area contributed by atoms with E-state index in [4.69, 9.17) is 22.1 Å². The number of aromatic nitrogens is 1. The molecule has 1 aliphatic heterocycles. The Morgan fingerprint density at radius 2 is 2.06 bits per heavy atom. The van der Waals surface area contributed by atoms with Crippen LogP contribution in [-0.4, -0.2) is 41.2 Å². The van der Waals surface area contributed by atoms with Gasteiger partial charge in [-0.3, -0.25) is 14.5 Å². The molecule has 1 aliphatic carbocycles. The van der Waals surface area contributed by atoms with Gasteiger partial charge in [-0.15, -0.1) is 0 Å². The Kier molecular flexibility index (Phi) is 6.42. The van der Waals surface area contributed by atoms with Crippen LogP contribution in [0.5, 0.6) is 0 Å². The van der Waals surface area contributed by atoms with Crippen LogP contribution in [0.1, 0.15) is 74.8 Å². The van der Waals surface area contributed by atoms with Crippen LogP contribution in [0.4, 0.5) is 5.69 Å². The maximum atomic E-state index is 13.3. The smallest absolute Gasteiger partial charge is 0.343 e. The van der Waals surface area contributed by atoms with Crippen LogP contribution in [0.3, 0.4) is 0 Å². The lowest BCUT2D eigenvalue weighted by Crippen LogP contribution is -2.47. The average molecular weight is 475 g/mol. The fourth-order valence-electron chi connectivity index (χ4n) is 5.19. The highest BCUT2D eigenvalue weighted by atomic mass is 35.5. The summed E-state index contributed by atoms with van der Waals surface area (Å²) >= 11 is 7.10. The first-order chi connectivity index (χ1) is 15.7. The number of nitrogens with zero attached hydrogens (tertiary/aromatic N) is 2. The maximum absolute atomic E-state index is 13.3. The van der Waals surface area contributed by atoms with Crippen molar-refractivity contribution in [1.29, 1.82) is 0 Å². The van der Waals surface area contributed by atoms with Crippen molar-refractivity contribution in [3.8, 4) is 0 Å². The Morgan fingerprint density at radius 1 is 1.33 bits per heavy atom. The SMILES string of the molecule is CCOC(=O)c1cn(C2CC2)c2c(Cl)c(C3(CC)CCCN3CNC(C)=O)c(N)cc2c1=O. The summed E-state index contributed by atoms with van der Waals surface area (Å²) in [6.45, 7) is 6.68. The van der Waals surface area contributed by atoms with E-state index in [1.165, 1.54) is 6.92 Å². The van der Waals surface area contributed by atoms with Gasteiger partial charge in [-0.2, -0.15) is 0 Å². The molecule has 1 aromatic heterocycles. The lowest BCUT2D eigenvalue weighted by atomic mass is 9.82. The van der Waals surface area contributed by atoms with Crippen molar-refractivity contribution in [1.82, 2.24) is 14.8 Å². The van der Waals surface area contributed by atoms with Gasteiger partial charge in [0.2, 0.25) is 11.3 Å². The number of carbonyl (C=O) groups excluding carboxylic acids is 2. The third kappa shape index (κ3) is 3.99. The largest absolute Gasteiger partial charge is 0.462 e. The predicted molar refractivity (Wildman–Crippen MR) is 128 cm³/mol. The van der Waals surface area contributed by atoms with Gasteiger partial charge in [0.1, 0.15) is 5.56 Å². The first-order valence-electron chi connectivity index (χ1n) is 11.6. The fraction of sp³-hybridized carbons (Fsp3) is 0.542. The molecule has 2 aliphatic rings. The Labute approximate surface area is 198 Å². The number of rotatable bonds is 7. The molecule has 1 aromatic carbocycles. The molecular weight excluding hydrogens is 444 g/mol. The Morgan fingerprint density at radius 3 is 2.67 bits per heavy atom. The molecule has 0 spiro atoms. The molecule has 2 aromatic rings. The zero-order chi connectivity index (χ0) is 23.9. The second kappa shape index (κ2) is 8.99. The molecule has 3 N–H and O–H groups in total. The monoisotopic (exact) mass is 474 g/mol. The van der Waals surface area contributed by atoms with Gasteiger partial charge < -0.3 is 20.4 Å². The number of nitrogen functional groups attached to an aromatic ring is 1. The number of halogens is 1. The minimum absolute atomic E-state index is 0.00202. The zero-order valence-corrected chi connectivity index (χ0v) is 20.1. The van der Waals surface area contributed by atoms with Gasteiger partial charge >= 0.3 is 5.97 Å². The number of hydrogen-bond acceptors (Lipinski definition) is 6. The predicted octanol–water partition coefficient (Wildman–Crippen LogP) is 3.54. The number of fused-ring (bicyclic) bond motifs is 1. The summed E-state index contributed by atoms with van der Waals surface area (Å²) < 4.78 is 7.06. The first kappa shape index (κ1) is 23.6. The molecule has 9 heteroatoms. The number of likely N-dealkylation sites (tertiary alicyclic amines) is 1. The van der Waals surface area contributed by atoms with E-state index in [9.17, 15) is 14.4 Å². The van der Waals surface area contributed by atoms with Gasteiger partial charge in [0.15, 0.2) is 0 Å². The lowest BCUT2D eigenvalue weighted by Gasteiger charge is -2.40. The van der Waals surface area contributed by atoms with Crippen LogP contribution in [0.2, 0.25) is 5.02 Å². The van der Waals surface area contributed by atoms with Crippen LogP contribution in [0.15, 0.2) is 17.1 Å². The van der Waals surface area contributed by atoms with E-state index in [1.54, 1.807) is 19.2 Å². The molecule has 1 saturated heterocycles. The lowest BCUT2D eigenvalue weighted by molar-refractivity contribution is -0.120. The minimum atomic E-state index is -0.639. The van der Waals surface area contributed by atoms with E-state index in [-0.39, 0.29) is 24.1 Å². The Hall–Kier alpha value is -2.58. The van der Waals surface area contributed by atoms with E-state index >= 15 is 0 Å². The van der Waals surface area contributed by atoms with Crippen molar-refractivity contribution >= 4 is 40.1 Å².